The minimum Gasteiger partial charge on any atom is -0.481 e. The lowest BCUT2D eigenvalue weighted by Gasteiger charge is -2.37. The average molecular weight is 286 g/mol. The third kappa shape index (κ3) is 1.83. The van der Waals surface area contributed by atoms with Gasteiger partial charge in [-0.05, 0) is 25.2 Å². The minimum absolute atomic E-state index is 0.0972. The van der Waals surface area contributed by atoms with Crippen molar-refractivity contribution in [3.63, 3.8) is 0 Å². The number of aliphatic carboxylic acids is 4. The van der Waals surface area contributed by atoms with Gasteiger partial charge >= 0.3 is 23.9 Å². The number of carboxylic acids is 4. The Bertz CT molecular complexity index is 486. The van der Waals surface area contributed by atoms with Crippen molar-refractivity contribution in [2.45, 2.75) is 19.3 Å². The van der Waals surface area contributed by atoms with Crippen molar-refractivity contribution < 1.29 is 39.6 Å². The van der Waals surface area contributed by atoms with E-state index in [0.29, 0.717) is 0 Å². The van der Waals surface area contributed by atoms with Crippen LogP contribution in [0.3, 0.4) is 0 Å². The molecule has 0 spiro atoms. The molecule has 0 aromatic carbocycles. The van der Waals surface area contributed by atoms with E-state index >= 15 is 0 Å². The lowest BCUT2D eigenvalue weighted by Crippen LogP contribution is -2.47. The maximum Gasteiger partial charge on any atom is 0.310 e. The van der Waals surface area contributed by atoms with Crippen molar-refractivity contribution >= 4 is 23.9 Å². The number of rotatable bonds is 4. The highest BCUT2D eigenvalue weighted by Crippen LogP contribution is 2.59. The first-order valence-corrected chi connectivity index (χ1v) is 6.12. The van der Waals surface area contributed by atoms with Crippen LogP contribution in [0.25, 0.3) is 0 Å². The molecule has 2 aliphatic rings. The largest absolute Gasteiger partial charge is 0.481 e. The molecule has 2 bridgehead atoms. The van der Waals surface area contributed by atoms with Crippen molar-refractivity contribution in [2.75, 3.05) is 0 Å². The van der Waals surface area contributed by atoms with E-state index in [1.54, 1.807) is 0 Å². The Hall–Kier alpha value is -2.12. The summed E-state index contributed by atoms with van der Waals surface area (Å²) >= 11 is 0. The van der Waals surface area contributed by atoms with Gasteiger partial charge in [0.2, 0.25) is 0 Å². The van der Waals surface area contributed by atoms with Crippen LogP contribution in [-0.4, -0.2) is 44.3 Å². The van der Waals surface area contributed by atoms with Gasteiger partial charge in [0.05, 0.1) is 23.2 Å². The molecule has 2 aliphatic carbocycles. The zero-order valence-electron chi connectivity index (χ0n) is 10.4. The summed E-state index contributed by atoms with van der Waals surface area (Å²) in [7, 11) is 0. The van der Waals surface area contributed by atoms with Crippen molar-refractivity contribution in [2.24, 2.45) is 29.1 Å². The topological polar surface area (TPSA) is 149 Å². The molecule has 20 heavy (non-hydrogen) atoms. The molecule has 8 nitrogen and oxygen atoms in total. The summed E-state index contributed by atoms with van der Waals surface area (Å²) in [6.45, 7) is 0. The first-order valence-electron chi connectivity index (χ1n) is 6.12. The second-order valence-corrected chi connectivity index (χ2v) is 5.56. The molecule has 2 fully saturated rings. The van der Waals surface area contributed by atoms with Crippen LogP contribution in [-0.2, 0) is 19.2 Å². The van der Waals surface area contributed by atoms with Crippen molar-refractivity contribution in [1.82, 2.24) is 0 Å². The van der Waals surface area contributed by atoms with E-state index in [2.05, 4.69) is 0 Å². The molecule has 5 unspecified atom stereocenters. The Morgan fingerprint density at radius 1 is 0.850 bits per heavy atom. The summed E-state index contributed by atoms with van der Waals surface area (Å²) in [5.41, 5.74) is -1.68. The molecule has 0 aromatic heterocycles. The highest BCUT2D eigenvalue weighted by atomic mass is 16.4. The van der Waals surface area contributed by atoms with Crippen LogP contribution in [0.2, 0.25) is 0 Å². The zero-order chi connectivity index (χ0) is 15.2. The molecule has 8 heteroatoms. The third-order valence-corrected chi connectivity index (χ3v) is 4.68. The molecule has 0 aromatic rings. The molecule has 0 heterocycles. The molecule has 0 aliphatic heterocycles. The van der Waals surface area contributed by atoms with E-state index in [1.807, 2.05) is 0 Å². The fourth-order valence-corrected chi connectivity index (χ4v) is 3.84. The Balaban J connectivity index is 2.49. The molecular formula is C12H14O8. The normalized spacial score (nSPS) is 39.2. The van der Waals surface area contributed by atoms with Gasteiger partial charge in [-0.3, -0.25) is 19.2 Å². The van der Waals surface area contributed by atoms with Gasteiger partial charge in [-0.2, -0.15) is 0 Å². The van der Waals surface area contributed by atoms with Crippen molar-refractivity contribution in [1.29, 1.82) is 0 Å². The van der Waals surface area contributed by atoms with Gasteiger partial charge in [-0.15, -0.1) is 0 Å². The molecule has 2 saturated carbocycles. The van der Waals surface area contributed by atoms with E-state index in [4.69, 9.17) is 15.3 Å². The predicted octanol–water partition coefficient (Wildman–Crippen LogP) is -0.0265. The maximum atomic E-state index is 11.5. The number of fused-ring (bicyclic) bond motifs is 2. The lowest BCUT2D eigenvalue weighted by atomic mass is 9.63. The summed E-state index contributed by atoms with van der Waals surface area (Å²) in [5.74, 6) is -9.95. The average Bonchev–Trinajstić information content (AvgIpc) is 2.63. The highest BCUT2D eigenvalue weighted by molar-refractivity contribution is 5.88. The lowest BCUT2D eigenvalue weighted by molar-refractivity contribution is -0.170. The quantitative estimate of drug-likeness (QED) is 0.563. The van der Waals surface area contributed by atoms with E-state index in [0.717, 1.165) is 0 Å². The van der Waals surface area contributed by atoms with Crippen LogP contribution in [0.1, 0.15) is 19.3 Å². The summed E-state index contributed by atoms with van der Waals surface area (Å²) < 4.78 is 0. The molecule has 5 atom stereocenters. The van der Waals surface area contributed by atoms with Crippen LogP contribution in [0.4, 0.5) is 0 Å². The Kier molecular flexibility index (Phi) is 3.19. The molecule has 4 N–H and O–H groups in total. The summed E-state index contributed by atoms with van der Waals surface area (Å²) in [6.07, 6.45) is -0.662. The SMILES string of the molecule is O=C(O)C1CC2(C(=O)O)CC(CC2C(=O)O)C1C(=O)O. The van der Waals surface area contributed by atoms with E-state index in [9.17, 15) is 24.3 Å². The van der Waals surface area contributed by atoms with Crippen LogP contribution < -0.4 is 0 Å². The van der Waals surface area contributed by atoms with Crippen molar-refractivity contribution in [3.8, 4) is 0 Å². The number of hydrogen-bond donors (Lipinski definition) is 4. The molecule has 0 amide bonds. The van der Waals surface area contributed by atoms with Gasteiger partial charge < -0.3 is 20.4 Å². The van der Waals surface area contributed by atoms with Gasteiger partial charge in [-0.25, -0.2) is 0 Å². The van der Waals surface area contributed by atoms with Gasteiger partial charge in [0.15, 0.2) is 0 Å². The van der Waals surface area contributed by atoms with Crippen LogP contribution in [0.15, 0.2) is 0 Å². The highest BCUT2D eigenvalue weighted by Gasteiger charge is 2.65. The second kappa shape index (κ2) is 4.46. The van der Waals surface area contributed by atoms with E-state index < -0.39 is 59.4 Å². The number of hydrogen-bond acceptors (Lipinski definition) is 4. The Morgan fingerprint density at radius 2 is 1.45 bits per heavy atom. The Morgan fingerprint density at radius 3 is 1.85 bits per heavy atom. The van der Waals surface area contributed by atoms with Crippen LogP contribution in [0.5, 0.6) is 0 Å². The van der Waals surface area contributed by atoms with Gasteiger partial charge in [-0.1, -0.05) is 0 Å². The number of carboxylic acid groups (broad SMARTS) is 4. The van der Waals surface area contributed by atoms with E-state index in [-0.39, 0.29) is 12.8 Å². The monoisotopic (exact) mass is 286 g/mol. The van der Waals surface area contributed by atoms with Gasteiger partial charge in [0.25, 0.3) is 0 Å². The first kappa shape index (κ1) is 14.3. The Labute approximate surface area is 113 Å². The third-order valence-electron chi connectivity index (χ3n) is 4.68. The standard InChI is InChI=1S/C12H14O8/c13-8(14)5-3-12(11(19)20)2-4(7(5)10(17)18)1-6(12)9(15)16/h4-7H,1-3H2,(H,13,14)(H,15,16)(H,17,18)(H,19,20). The number of carbonyl (C=O) groups is 4. The fraction of sp³-hybridized carbons (Fsp3) is 0.667. The van der Waals surface area contributed by atoms with Crippen LogP contribution >= 0.6 is 0 Å². The summed E-state index contributed by atoms with van der Waals surface area (Å²) in [4.78, 5) is 45.2. The predicted molar refractivity (Wildman–Crippen MR) is 60.8 cm³/mol. The fourth-order valence-electron chi connectivity index (χ4n) is 3.84. The molecular weight excluding hydrogens is 272 g/mol. The van der Waals surface area contributed by atoms with Gasteiger partial charge in [0.1, 0.15) is 0 Å². The first-order chi connectivity index (χ1) is 9.20. The summed E-state index contributed by atoms with van der Waals surface area (Å²) in [6, 6.07) is 0. The molecule has 2 rings (SSSR count). The molecule has 0 radical (unpaired) electrons. The smallest absolute Gasteiger partial charge is 0.310 e. The van der Waals surface area contributed by atoms with Gasteiger partial charge in [0, 0.05) is 0 Å². The molecule has 110 valence electrons. The maximum absolute atomic E-state index is 11.5. The van der Waals surface area contributed by atoms with E-state index in [1.165, 1.54) is 0 Å². The minimum atomic E-state index is -1.68. The zero-order valence-corrected chi connectivity index (χ0v) is 10.4. The summed E-state index contributed by atoms with van der Waals surface area (Å²) in [5, 5.41) is 36.8. The second-order valence-electron chi connectivity index (χ2n) is 5.56. The molecule has 0 saturated heterocycles. The van der Waals surface area contributed by atoms with Crippen molar-refractivity contribution in [3.05, 3.63) is 0 Å². The van der Waals surface area contributed by atoms with Crippen LogP contribution in [0, 0.1) is 29.1 Å².